The molecule has 7 heteroatoms. The molecule has 0 atom stereocenters. The largest absolute Gasteiger partial charge is 0.475 e. The van der Waals surface area contributed by atoms with Gasteiger partial charge in [0.25, 0.3) is 0 Å². The quantitative estimate of drug-likeness (QED) is 0.213. The van der Waals surface area contributed by atoms with E-state index < -0.39 is 7.82 Å². The van der Waals surface area contributed by atoms with Gasteiger partial charge < -0.3 is 9.47 Å². The molecule has 0 spiro atoms. The number of benzene rings is 3. The van der Waals surface area contributed by atoms with E-state index in [4.69, 9.17) is 23.0 Å². The molecule has 0 fully saturated rings. The van der Waals surface area contributed by atoms with Gasteiger partial charge in [0.05, 0.1) is 46.2 Å². The molecule has 0 aliphatic carbocycles. The molecule has 6 nitrogen and oxygen atoms in total. The zero-order chi connectivity index (χ0) is 22.3. The zero-order valence-corrected chi connectivity index (χ0v) is 18.9. The molecule has 170 valence electrons. The molecule has 0 bridgehead atoms. The Bertz CT molecular complexity index is 873. The predicted octanol–water partition coefficient (Wildman–Crippen LogP) is 5.78. The number of hydrogen-bond donors (Lipinski definition) is 0. The van der Waals surface area contributed by atoms with Crippen molar-refractivity contribution in [2.45, 2.75) is 19.8 Å². The van der Waals surface area contributed by atoms with Gasteiger partial charge in [-0.3, -0.25) is 13.6 Å². The number of phosphoric acid groups is 1. The standard InChI is InChI=1S/C25H29O6P/c26-32(30-21-24-12-6-2-7-13-24,31-22-25-14-8-3-9-15-25)29-19-18-27-16-17-28-20-23-10-4-1-5-11-23/h1-15H,16-22H2. The summed E-state index contributed by atoms with van der Waals surface area (Å²) in [6.45, 7) is 2.00. The van der Waals surface area contributed by atoms with Gasteiger partial charge >= 0.3 is 7.82 Å². The van der Waals surface area contributed by atoms with Gasteiger partial charge in [-0.2, -0.15) is 0 Å². The average Bonchev–Trinajstić information content (AvgIpc) is 2.85. The highest BCUT2D eigenvalue weighted by atomic mass is 31.2. The van der Waals surface area contributed by atoms with Crippen molar-refractivity contribution in [1.29, 1.82) is 0 Å². The molecule has 0 amide bonds. The Balaban J connectivity index is 1.38. The molecule has 0 saturated carbocycles. The van der Waals surface area contributed by atoms with Crippen LogP contribution in [0.4, 0.5) is 0 Å². The second kappa shape index (κ2) is 14.0. The number of rotatable bonds is 15. The molecule has 0 saturated heterocycles. The Morgan fingerprint density at radius 1 is 0.469 bits per heavy atom. The van der Waals surface area contributed by atoms with E-state index in [2.05, 4.69) is 0 Å². The van der Waals surface area contributed by atoms with Crippen molar-refractivity contribution in [3.63, 3.8) is 0 Å². The molecule has 3 aromatic rings. The van der Waals surface area contributed by atoms with Crippen molar-refractivity contribution in [1.82, 2.24) is 0 Å². The summed E-state index contributed by atoms with van der Waals surface area (Å²) in [6.07, 6.45) is 0. The van der Waals surface area contributed by atoms with Crippen LogP contribution in [0.1, 0.15) is 16.7 Å². The fourth-order valence-electron chi connectivity index (χ4n) is 2.76. The van der Waals surface area contributed by atoms with Crippen LogP contribution in [-0.4, -0.2) is 26.4 Å². The fraction of sp³-hybridized carbons (Fsp3) is 0.280. The topological polar surface area (TPSA) is 63.2 Å². The molecule has 3 aromatic carbocycles. The lowest BCUT2D eigenvalue weighted by atomic mass is 10.2. The lowest BCUT2D eigenvalue weighted by molar-refractivity contribution is 0.0209. The highest BCUT2D eigenvalue weighted by molar-refractivity contribution is 7.48. The summed E-state index contributed by atoms with van der Waals surface area (Å²) in [4.78, 5) is 0. The van der Waals surface area contributed by atoms with Crippen LogP contribution >= 0.6 is 7.82 Å². The minimum Gasteiger partial charge on any atom is -0.377 e. The molecule has 0 heterocycles. The molecular weight excluding hydrogens is 427 g/mol. The summed E-state index contributed by atoms with van der Waals surface area (Å²) in [5.41, 5.74) is 2.88. The van der Waals surface area contributed by atoms with Crippen LogP contribution in [-0.2, 0) is 47.4 Å². The van der Waals surface area contributed by atoms with E-state index in [1.165, 1.54) is 0 Å². The van der Waals surface area contributed by atoms with Crippen LogP contribution in [0.25, 0.3) is 0 Å². The predicted molar refractivity (Wildman–Crippen MR) is 123 cm³/mol. The average molecular weight is 456 g/mol. The lowest BCUT2D eigenvalue weighted by Crippen LogP contribution is -2.10. The van der Waals surface area contributed by atoms with Crippen molar-refractivity contribution >= 4 is 7.82 Å². The van der Waals surface area contributed by atoms with Gasteiger partial charge in [-0.25, -0.2) is 4.57 Å². The Kier molecular flexibility index (Phi) is 10.6. The molecule has 32 heavy (non-hydrogen) atoms. The fourth-order valence-corrected chi connectivity index (χ4v) is 3.90. The molecule has 0 unspecified atom stereocenters. The lowest BCUT2D eigenvalue weighted by Gasteiger charge is -2.18. The minimum absolute atomic E-state index is 0.0829. The summed E-state index contributed by atoms with van der Waals surface area (Å²) >= 11 is 0. The van der Waals surface area contributed by atoms with Crippen LogP contribution in [0, 0.1) is 0 Å². The van der Waals surface area contributed by atoms with Gasteiger partial charge in [0.2, 0.25) is 0 Å². The first kappa shape index (κ1) is 24.3. The van der Waals surface area contributed by atoms with E-state index in [9.17, 15) is 4.57 Å². The van der Waals surface area contributed by atoms with Crippen molar-refractivity contribution in [3.8, 4) is 0 Å². The Morgan fingerprint density at radius 3 is 1.38 bits per heavy atom. The van der Waals surface area contributed by atoms with Crippen LogP contribution in [0.5, 0.6) is 0 Å². The first-order valence-electron chi connectivity index (χ1n) is 10.5. The van der Waals surface area contributed by atoms with E-state index in [1.807, 2.05) is 91.0 Å². The van der Waals surface area contributed by atoms with Gasteiger partial charge in [0.1, 0.15) is 0 Å². The number of phosphoric ester groups is 1. The van der Waals surface area contributed by atoms with Crippen molar-refractivity contribution in [2.75, 3.05) is 26.4 Å². The van der Waals surface area contributed by atoms with E-state index in [-0.39, 0.29) is 26.4 Å². The van der Waals surface area contributed by atoms with Crippen LogP contribution in [0.3, 0.4) is 0 Å². The minimum atomic E-state index is -3.76. The third-order valence-electron chi connectivity index (χ3n) is 4.42. The summed E-state index contributed by atoms with van der Waals surface area (Å²) < 4.78 is 40.8. The maximum absolute atomic E-state index is 13.1. The Labute approximate surface area is 189 Å². The van der Waals surface area contributed by atoms with Crippen LogP contribution in [0.15, 0.2) is 91.0 Å². The first-order chi connectivity index (χ1) is 15.7. The molecular formula is C25H29O6P. The third-order valence-corrected chi connectivity index (χ3v) is 5.81. The maximum atomic E-state index is 13.1. The van der Waals surface area contributed by atoms with Gasteiger partial charge in [0, 0.05) is 0 Å². The van der Waals surface area contributed by atoms with E-state index in [1.54, 1.807) is 0 Å². The summed E-state index contributed by atoms with van der Waals surface area (Å²) in [5.74, 6) is 0. The van der Waals surface area contributed by atoms with E-state index in [0.29, 0.717) is 19.8 Å². The van der Waals surface area contributed by atoms with Crippen molar-refractivity contribution in [2.24, 2.45) is 0 Å². The highest BCUT2D eigenvalue weighted by Crippen LogP contribution is 2.50. The first-order valence-corrected chi connectivity index (χ1v) is 12.0. The normalized spacial score (nSPS) is 11.5. The van der Waals surface area contributed by atoms with Gasteiger partial charge in [-0.1, -0.05) is 91.0 Å². The molecule has 0 radical (unpaired) electrons. The Morgan fingerprint density at radius 2 is 0.875 bits per heavy atom. The van der Waals surface area contributed by atoms with Gasteiger partial charge in [-0.05, 0) is 16.7 Å². The van der Waals surface area contributed by atoms with Crippen LogP contribution < -0.4 is 0 Å². The Hall–Kier alpha value is -2.31. The van der Waals surface area contributed by atoms with Crippen molar-refractivity contribution < 1.29 is 27.6 Å². The van der Waals surface area contributed by atoms with E-state index >= 15 is 0 Å². The number of hydrogen-bond acceptors (Lipinski definition) is 6. The SMILES string of the molecule is O=P(OCCOCCOCc1ccccc1)(OCc1ccccc1)OCc1ccccc1. The summed E-state index contributed by atoms with van der Waals surface area (Å²) in [6, 6.07) is 28.9. The second-order valence-corrected chi connectivity index (χ2v) is 8.62. The molecule has 0 aromatic heterocycles. The van der Waals surface area contributed by atoms with Gasteiger partial charge in [-0.15, -0.1) is 0 Å². The molecule has 0 N–H and O–H groups in total. The third kappa shape index (κ3) is 9.45. The maximum Gasteiger partial charge on any atom is 0.475 e. The highest BCUT2D eigenvalue weighted by Gasteiger charge is 2.27. The zero-order valence-electron chi connectivity index (χ0n) is 18.0. The van der Waals surface area contributed by atoms with Crippen LogP contribution in [0.2, 0.25) is 0 Å². The van der Waals surface area contributed by atoms with E-state index in [0.717, 1.165) is 16.7 Å². The second-order valence-electron chi connectivity index (χ2n) is 6.95. The molecule has 3 rings (SSSR count). The van der Waals surface area contributed by atoms with Crippen molar-refractivity contribution in [3.05, 3.63) is 108 Å². The molecule has 0 aliphatic rings. The molecule has 0 aliphatic heterocycles. The monoisotopic (exact) mass is 456 g/mol. The number of ether oxygens (including phenoxy) is 2. The smallest absolute Gasteiger partial charge is 0.377 e. The van der Waals surface area contributed by atoms with Gasteiger partial charge in [0.15, 0.2) is 0 Å². The summed E-state index contributed by atoms with van der Waals surface area (Å²) in [7, 11) is -3.76. The summed E-state index contributed by atoms with van der Waals surface area (Å²) in [5, 5.41) is 0.